The van der Waals surface area contributed by atoms with Gasteiger partial charge in [0.25, 0.3) is 0 Å². The Morgan fingerprint density at radius 1 is 1.33 bits per heavy atom. The predicted octanol–water partition coefficient (Wildman–Crippen LogP) is 2.36. The Morgan fingerprint density at radius 2 is 2.10 bits per heavy atom. The van der Waals surface area contributed by atoms with Gasteiger partial charge in [-0.15, -0.1) is 0 Å². The van der Waals surface area contributed by atoms with Gasteiger partial charge in [0.2, 0.25) is 0 Å². The second-order valence-electron chi connectivity index (χ2n) is 3.91. The van der Waals surface area contributed by atoms with Crippen molar-refractivity contribution in [3.05, 3.63) is 46.9 Å². The third-order valence-corrected chi connectivity index (χ3v) is 2.83. The van der Waals surface area contributed by atoms with Gasteiger partial charge in [-0.25, -0.2) is 14.6 Å². The average Bonchev–Trinajstić information content (AvgIpc) is 2.48. The minimum atomic E-state index is -1.14. The van der Waals surface area contributed by atoms with E-state index in [1.165, 1.54) is 31.6 Å². The van der Waals surface area contributed by atoms with Crippen LogP contribution < -0.4 is 5.32 Å². The molecule has 1 heterocycles. The summed E-state index contributed by atoms with van der Waals surface area (Å²) in [4.78, 5) is 30.2. The number of carbonyl (C=O) groups excluding carboxylic acids is 1. The quantitative estimate of drug-likeness (QED) is 0.836. The molecule has 8 heteroatoms. The molecule has 2 N–H and O–H groups in total. The number of hydrogen-bond donors (Lipinski definition) is 2. The summed E-state index contributed by atoms with van der Waals surface area (Å²) in [5.74, 6) is -1.48. The van der Waals surface area contributed by atoms with Gasteiger partial charge >= 0.3 is 11.9 Å². The predicted molar refractivity (Wildman–Crippen MR) is 75.1 cm³/mol. The highest BCUT2D eigenvalue weighted by Crippen LogP contribution is 2.22. The number of rotatable bonds is 4. The Balaban J connectivity index is 2.28. The zero-order chi connectivity index (χ0) is 15.4. The lowest BCUT2D eigenvalue weighted by Gasteiger charge is -2.08. The molecular weight excluding hydrogens is 298 g/mol. The number of methoxy groups -OCH3 is 1. The van der Waals surface area contributed by atoms with Crippen LogP contribution in [-0.2, 0) is 4.74 Å². The maximum atomic E-state index is 11.4. The molecule has 2 rings (SSSR count). The van der Waals surface area contributed by atoms with E-state index in [4.69, 9.17) is 16.7 Å². The van der Waals surface area contributed by atoms with Gasteiger partial charge in [0.05, 0.1) is 30.1 Å². The molecule has 2 aromatic rings. The Labute approximate surface area is 124 Å². The van der Waals surface area contributed by atoms with E-state index in [0.29, 0.717) is 5.69 Å². The molecule has 0 bridgehead atoms. The van der Waals surface area contributed by atoms with E-state index in [-0.39, 0.29) is 22.1 Å². The van der Waals surface area contributed by atoms with E-state index in [2.05, 4.69) is 20.0 Å². The van der Waals surface area contributed by atoms with Crippen molar-refractivity contribution in [1.82, 2.24) is 9.97 Å². The van der Waals surface area contributed by atoms with Gasteiger partial charge in [-0.05, 0) is 18.2 Å². The average molecular weight is 308 g/mol. The monoisotopic (exact) mass is 307 g/mol. The molecule has 7 nitrogen and oxygen atoms in total. The summed E-state index contributed by atoms with van der Waals surface area (Å²) in [7, 11) is 1.24. The molecule has 1 aromatic carbocycles. The fourth-order valence-corrected chi connectivity index (χ4v) is 1.74. The molecule has 108 valence electrons. The number of hydrogen-bond acceptors (Lipinski definition) is 6. The number of nitrogens with zero attached hydrogens (tertiary/aromatic N) is 2. The van der Waals surface area contributed by atoms with Crippen molar-refractivity contribution in [1.29, 1.82) is 0 Å². The first-order chi connectivity index (χ1) is 10.0. The highest BCUT2D eigenvalue weighted by Gasteiger charge is 2.11. The number of esters is 1. The van der Waals surface area contributed by atoms with Crippen LogP contribution in [0.25, 0.3) is 0 Å². The number of anilines is 2. The highest BCUT2D eigenvalue weighted by atomic mass is 35.5. The molecule has 0 amide bonds. The maximum Gasteiger partial charge on any atom is 0.358 e. The zero-order valence-electron chi connectivity index (χ0n) is 10.8. The number of halogens is 1. The Kier molecular flexibility index (Phi) is 4.34. The van der Waals surface area contributed by atoms with Crippen molar-refractivity contribution in [2.45, 2.75) is 0 Å². The van der Waals surface area contributed by atoms with E-state index in [1.54, 1.807) is 6.07 Å². The molecule has 0 aliphatic rings. The summed E-state index contributed by atoms with van der Waals surface area (Å²) in [5, 5.41) is 12.0. The fourth-order valence-electron chi connectivity index (χ4n) is 1.54. The number of aromatic nitrogens is 2. The van der Waals surface area contributed by atoms with Gasteiger partial charge in [0, 0.05) is 5.69 Å². The number of ether oxygens (including phenoxy) is 1. The zero-order valence-corrected chi connectivity index (χ0v) is 11.6. The molecule has 1 aromatic heterocycles. The SMILES string of the molecule is COC(=O)c1cncc(Nc2ccc(Cl)c(C(=O)O)c2)n1. The summed E-state index contributed by atoms with van der Waals surface area (Å²) < 4.78 is 4.54. The normalized spacial score (nSPS) is 10.0. The number of carbonyl (C=O) groups is 2. The number of benzene rings is 1. The first-order valence-electron chi connectivity index (χ1n) is 5.71. The molecule has 0 spiro atoms. The van der Waals surface area contributed by atoms with E-state index in [1.807, 2.05) is 0 Å². The molecule has 0 aliphatic heterocycles. The van der Waals surface area contributed by atoms with E-state index >= 15 is 0 Å². The lowest BCUT2D eigenvalue weighted by Crippen LogP contribution is -2.07. The molecule has 21 heavy (non-hydrogen) atoms. The van der Waals surface area contributed by atoms with Gasteiger partial charge in [-0.1, -0.05) is 11.6 Å². The molecule has 0 fully saturated rings. The van der Waals surface area contributed by atoms with Gasteiger partial charge in [0.1, 0.15) is 5.82 Å². The smallest absolute Gasteiger partial charge is 0.358 e. The van der Waals surface area contributed by atoms with Crippen LogP contribution in [0.4, 0.5) is 11.5 Å². The van der Waals surface area contributed by atoms with Gasteiger partial charge in [0.15, 0.2) is 5.69 Å². The van der Waals surface area contributed by atoms with E-state index in [9.17, 15) is 9.59 Å². The van der Waals surface area contributed by atoms with Crippen LogP contribution in [0, 0.1) is 0 Å². The van der Waals surface area contributed by atoms with Crippen LogP contribution >= 0.6 is 11.6 Å². The van der Waals surface area contributed by atoms with Crippen LogP contribution in [0.15, 0.2) is 30.6 Å². The first-order valence-corrected chi connectivity index (χ1v) is 6.09. The van der Waals surface area contributed by atoms with E-state index < -0.39 is 11.9 Å². The highest BCUT2D eigenvalue weighted by molar-refractivity contribution is 6.33. The Hall–Kier alpha value is -2.67. The van der Waals surface area contributed by atoms with Crippen molar-refractivity contribution in [3.8, 4) is 0 Å². The van der Waals surface area contributed by atoms with Gasteiger partial charge in [-0.3, -0.25) is 4.98 Å². The summed E-state index contributed by atoms with van der Waals surface area (Å²) in [6, 6.07) is 4.39. The second kappa shape index (κ2) is 6.19. The molecule has 0 unspecified atom stereocenters. The molecular formula is C13H10ClN3O4. The maximum absolute atomic E-state index is 11.4. The Morgan fingerprint density at radius 3 is 2.76 bits per heavy atom. The minimum Gasteiger partial charge on any atom is -0.478 e. The minimum absolute atomic E-state index is 0.0370. The largest absolute Gasteiger partial charge is 0.478 e. The number of aromatic carboxylic acids is 1. The van der Waals surface area contributed by atoms with Crippen molar-refractivity contribution in [2.75, 3.05) is 12.4 Å². The third kappa shape index (κ3) is 3.46. The number of carboxylic acids is 1. The summed E-state index contributed by atoms with van der Waals surface area (Å²) >= 11 is 5.78. The van der Waals surface area contributed by atoms with Crippen LogP contribution in [0.1, 0.15) is 20.8 Å². The molecule has 0 radical (unpaired) electrons. The van der Waals surface area contributed by atoms with Crippen LogP contribution in [0.5, 0.6) is 0 Å². The lowest BCUT2D eigenvalue weighted by atomic mass is 10.2. The summed E-state index contributed by atoms with van der Waals surface area (Å²) in [5.41, 5.74) is 0.446. The molecule has 0 aliphatic carbocycles. The second-order valence-corrected chi connectivity index (χ2v) is 4.31. The number of nitrogens with one attached hydrogen (secondary N) is 1. The van der Waals surface area contributed by atoms with Gasteiger partial charge in [-0.2, -0.15) is 0 Å². The van der Waals surface area contributed by atoms with Crippen LogP contribution in [0.2, 0.25) is 5.02 Å². The fraction of sp³-hybridized carbons (Fsp3) is 0.0769. The van der Waals surface area contributed by atoms with Crippen molar-refractivity contribution in [2.24, 2.45) is 0 Å². The van der Waals surface area contributed by atoms with E-state index in [0.717, 1.165) is 0 Å². The lowest BCUT2D eigenvalue weighted by molar-refractivity contribution is 0.0593. The van der Waals surface area contributed by atoms with Crippen molar-refractivity contribution >= 4 is 35.0 Å². The Bertz CT molecular complexity index is 706. The topological polar surface area (TPSA) is 101 Å². The standard InChI is InChI=1S/C13H10ClN3O4/c1-21-13(20)10-5-15-6-11(17-10)16-7-2-3-9(14)8(4-7)12(18)19/h2-6H,1H3,(H,16,17)(H,18,19). The number of carboxylic acid groups (broad SMARTS) is 1. The van der Waals surface area contributed by atoms with Crippen LogP contribution in [-0.4, -0.2) is 34.1 Å². The third-order valence-electron chi connectivity index (χ3n) is 2.50. The van der Waals surface area contributed by atoms with Crippen molar-refractivity contribution in [3.63, 3.8) is 0 Å². The van der Waals surface area contributed by atoms with Crippen LogP contribution in [0.3, 0.4) is 0 Å². The first kappa shape index (κ1) is 14.7. The van der Waals surface area contributed by atoms with Gasteiger partial charge < -0.3 is 15.2 Å². The molecule has 0 saturated carbocycles. The summed E-state index contributed by atoms with van der Waals surface area (Å²) in [6.07, 6.45) is 2.66. The summed E-state index contributed by atoms with van der Waals surface area (Å²) in [6.45, 7) is 0. The molecule has 0 saturated heterocycles. The van der Waals surface area contributed by atoms with Crippen molar-refractivity contribution < 1.29 is 19.4 Å². The molecule has 0 atom stereocenters.